The molecule has 0 aromatic heterocycles. The normalized spacial score (nSPS) is 10.9. The summed E-state index contributed by atoms with van der Waals surface area (Å²) in [6, 6.07) is 10.1. The van der Waals surface area contributed by atoms with Crippen molar-refractivity contribution < 1.29 is 4.92 Å². The van der Waals surface area contributed by atoms with Crippen LogP contribution in [0.3, 0.4) is 0 Å². The second kappa shape index (κ2) is 5.43. The molecule has 1 aromatic rings. The van der Waals surface area contributed by atoms with Crippen LogP contribution in [-0.4, -0.2) is 11.5 Å². The first-order valence-corrected chi connectivity index (χ1v) is 4.79. The molecule has 0 radical (unpaired) electrons. The van der Waals surface area contributed by atoms with Gasteiger partial charge in [0.1, 0.15) is 0 Å². The largest absolute Gasteiger partial charge is 0.265 e. The summed E-state index contributed by atoms with van der Waals surface area (Å²) in [6.45, 7) is 3.14. The average Bonchev–Trinajstić information content (AvgIpc) is 2.35. The first-order chi connectivity index (χ1) is 8.08. The van der Waals surface area contributed by atoms with Crippen molar-refractivity contribution in [3.05, 3.63) is 57.7 Å². The zero-order valence-corrected chi connectivity index (χ0v) is 8.96. The van der Waals surface area contributed by atoms with E-state index in [2.05, 4.69) is 6.58 Å². The molecule has 0 fully saturated rings. The number of hydrogen-bond acceptors (Lipinski definition) is 4. The summed E-state index contributed by atoms with van der Waals surface area (Å²) in [5.41, 5.74) is 1.23. The SMILES string of the molecule is C=C(C#N)C(C[N+](=O)[O-])c1ccc(C#N)cc1. The Morgan fingerprint density at radius 3 is 2.41 bits per heavy atom. The Morgan fingerprint density at radius 1 is 1.41 bits per heavy atom. The smallest absolute Gasteiger partial charge is 0.215 e. The van der Waals surface area contributed by atoms with Gasteiger partial charge in [-0.25, -0.2) is 0 Å². The van der Waals surface area contributed by atoms with E-state index in [-0.39, 0.29) is 12.1 Å². The van der Waals surface area contributed by atoms with E-state index in [1.54, 1.807) is 24.3 Å². The topological polar surface area (TPSA) is 90.7 Å². The van der Waals surface area contributed by atoms with Crippen molar-refractivity contribution in [2.24, 2.45) is 0 Å². The molecular formula is C12H9N3O2. The van der Waals surface area contributed by atoms with Crippen LogP contribution < -0.4 is 0 Å². The third-order valence-corrected chi connectivity index (χ3v) is 2.34. The molecule has 1 rings (SSSR count). The molecule has 0 aliphatic rings. The molecule has 17 heavy (non-hydrogen) atoms. The molecule has 1 aromatic carbocycles. The van der Waals surface area contributed by atoms with Gasteiger partial charge in [0.25, 0.3) is 0 Å². The van der Waals surface area contributed by atoms with Gasteiger partial charge >= 0.3 is 0 Å². The molecule has 0 aliphatic heterocycles. The van der Waals surface area contributed by atoms with Crippen LogP contribution in [0.5, 0.6) is 0 Å². The van der Waals surface area contributed by atoms with Crippen LogP contribution in [0.4, 0.5) is 0 Å². The lowest BCUT2D eigenvalue weighted by atomic mass is 9.92. The molecular weight excluding hydrogens is 218 g/mol. The summed E-state index contributed by atoms with van der Waals surface area (Å²) < 4.78 is 0. The number of nitrogens with zero attached hydrogens (tertiary/aromatic N) is 3. The van der Waals surface area contributed by atoms with Gasteiger partial charge in [-0.3, -0.25) is 10.1 Å². The van der Waals surface area contributed by atoms with Gasteiger partial charge in [-0.05, 0) is 17.7 Å². The van der Waals surface area contributed by atoms with Crippen molar-refractivity contribution in [3.8, 4) is 12.1 Å². The van der Waals surface area contributed by atoms with E-state index in [4.69, 9.17) is 10.5 Å². The molecule has 1 unspecified atom stereocenters. The number of nitriles is 2. The second-order valence-corrected chi connectivity index (χ2v) is 3.44. The van der Waals surface area contributed by atoms with Crippen molar-refractivity contribution >= 4 is 0 Å². The lowest BCUT2D eigenvalue weighted by Crippen LogP contribution is -2.13. The predicted octanol–water partition coefficient (Wildman–Crippen LogP) is 2.00. The fraction of sp³-hybridized carbons (Fsp3) is 0.167. The molecule has 0 aliphatic carbocycles. The van der Waals surface area contributed by atoms with E-state index in [1.807, 2.05) is 12.1 Å². The van der Waals surface area contributed by atoms with Gasteiger partial charge in [-0.1, -0.05) is 18.7 Å². The lowest BCUT2D eigenvalue weighted by molar-refractivity contribution is -0.481. The Bertz CT molecular complexity index is 520. The summed E-state index contributed by atoms with van der Waals surface area (Å²) in [5.74, 6) is -0.636. The van der Waals surface area contributed by atoms with E-state index in [0.717, 1.165) is 0 Å². The molecule has 0 amide bonds. The van der Waals surface area contributed by atoms with Crippen molar-refractivity contribution in [1.82, 2.24) is 0 Å². The van der Waals surface area contributed by atoms with Gasteiger partial charge in [0.2, 0.25) is 6.54 Å². The maximum Gasteiger partial charge on any atom is 0.215 e. The van der Waals surface area contributed by atoms with Crippen molar-refractivity contribution in [2.45, 2.75) is 5.92 Å². The predicted molar refractivity (Wildman–Crippen MR) is 60.5 cm³/mol. The van der Waals surface area contributed by atoms with E-state index in [1.165, 1.54) is 0 Å². The Kier molecular flexibility index (Phi) is 3.96. The fourth-order valence-electron chi connectivity index (χ4n) is 1.43. The zero-order chi connectivity index (χ0) is 12.8. The minimum atomic E-state index is -0.636. The minimum Gasteiger partial charge on any atom is -0.265 e. The number of benzene rings is 1. The Hall–Kier alpha value is -2.66. The van der Waals surface area contributed by atoms with Crippen molar-refractivity contribution in [2.75, 3.05) is 6.54 Å². The van der Waals surface area contributed by atoms with Crippen LogP contribution in [0.15, 0.2) is 36.4 Å². The van der Waals surface area contributed by atoms with E-state index < -0.39 is 10.8 Å². The van der Waals surface area contributed by atoms with Gasteiger partial charge in [-0.15, -0.1) is 0 Å². The molecule has 5 heteroatoms. The number of hydrogen-bond donors (Lipinski definition) is 0. The maximum atomic E-state index is 10.5. The molecule has 0 saturated carbocycles. The summed E-state index contributed by atoms with van der Waals surface area (Å²) >= 11 is 0. The number of nitro groups is 1. The van der Waals surface area contributed by atoms with Gasteiger partial charge in [0, 0.05) is 10.5 Å². The van der Waals surface area contributed by atoms with Crippen LogP contribution in [0.2, 0.25) is 0 Å². The van der Waals surface area contributed by atoms with E-state index >= 15 is 0 Å². The average molecular weight is 227 g/mol. The Morgan fingerprint density at radius 2 is 2.00 bits per heavy atom. The van der Waals surface area contributed by atoms with Crippen LogP contribution in [0.1, 0.15) is 17.0 Å². The minimum absolute atomic E-state index is 0.145. The first kappa shape index (κ1) is 12.4. The fourth-order valence-corrected chi connectivity index (χ4v) is 1.43. The molecule has 0 heterocycles. The zero-order valence-electron chi connectivity index (χ0n) is 8.96. The van der Waals surface area contributed by atoms with Gasteiger partial charge in [0.05, 0.1) is 23.6 Å². The van der Waals surface area contributed by atoms with Gasteiger partial charge in [-0.2, -0.15) is 10.5 Å². The van der Waals surface area contributed by atoms with Crippen LogP contribution in [0, 0.1) is 32.8 Å². The van der Waals surface area contributed by atoms with Gasteiger partial charge in [0.15, 0.2) is 0 Å². The van der Waals surface area contributed by atoms with Crippen LogP contribution in [-0.2, 0) is 0 Å². The molecule has 0 spiro atoms. The molecule has 1 atom stereocenters. The highest BCUT2D eigenvalue weighted by Crippen LogP contribution is 2.23. The highest BCUT2D eigenvalue weighted by molar-refractivity contribution is 5.38. The Labute approximate surface area is 98.4 Å². The molecule has 84 valence electrons. The summed E-state index contributed by atoms with van der Waals surface area (Å²) in [5, 5.41) is 27.9. The second-order valence-electron chi connectivity index (χ2n) is 3.44. The van der Waals surface area contributed by atoms with E-state index in [9.17, 15) is 10.1 Å². The number of rotatable bonds is 4. The van der Waals surface area contributed by atoms with Crippen molar-refractivity contribution in [3.63, 3.8) is 0 Å². The highest BCUT2D eigenvalue weighted by atomic mass is 16.6. The molecule has 0 N–H and O–H groups in total. The molecule has 5 nitrogen and oxygen atoms in total. The lowest BCUT2D eigenvalue weighted by Gasteiger charge is -2.11. The maximum absolute atomic E-state index is 10.5. The monoisotopic (exact) mass is 227 g/mol. The van der Waals surface area contributed by atoms with Gasteiger partial charge < -0.3 is 0 Å². The van der Waals surface area contributed by atoms with Crippen molar-refractivity contribution in [1.29, 1.82) is 10.5 Å². The molecule has 0 saturated heterocycles. The third-order valence-electron chi connectivity index (χ3n) is 2.34. The summed E-state index contributed by atoms with van der Waals surface area (Å²) in [7, 11) is 0. The standard InChI is InChI=1S/C12H9N3O2/c1-9(6-13)12(8-15(16)17)11-4-2-10(7-14)3-5-11/h2-5,12H,1,8H2. The van der Waals surface area contributed by atoms with E-state index in [0.29, 0.717) is 11.1 Å². The first-order valence-electron chi connectivity index (χ1n) is 4.79. The van der Waals surface area contributed by atoms with Crippen LogP contribution in [0.25, 0.3) is 0 Å². The summed E-state index contributed by atoms with van der Waals surface area (Å²) in [4.78, 5) is 10.0. The van der Waals surface area contributed by atoms with Crippen LogP contribution >= 0.6 is 0 Å². The highest BCUT2D eigenvalue weighted by Gasteiger charge is 2.21. The Balaban J connectivity index is 3.05. The third kappa shape index (κ3) is 3.15. The quantitative estimate of drug-likeness (QED) is 0.446. The summed E-state index contributed by atoms with van der Waals surface area (Å²) in [6.07, 6.45) is 0. The molecule has 0 bridgehead atoms.